The van der Waals surface area contributed by atoms with Crippen molar-refractivity contribution >= 4 is 33.9 Å². The Labute approximate surface area is 119 Å². The molecule has 1 aromatic heterocycles. The smallest absolute Gasteiger partial charge is 0.196 e. The Bertz CT molecular complexity index is 588. The Morgan fingerprint density at radius 1 is 1.53 bits per heavy atom. The van der Waals surface area contributed by atoms with Crippen molar-refractivity contribution in [3.63, 3.8) is 0 Å². The summed E-state index contributed by atoms with van der Waals surface area (Å²) in [5.74, 6) is -0.525. The summed E-state index contributed by atoms with van der Waals surface area (Å²) in [5.41, 5.74) is 1.23. The maximum absolute atomic E-state index is 13.1. The van der Waals surface area contributed by atoms with Gasteiger partial charge in [-0.15, -0.1) is 22.9 Å². The van der Waals surface area contributed by atoms with Crippen LogP contribution in [-0.4, -0.2) is 23.7 Å². The van der Waals surface area contributed by atoms with Gasteiger partial charge in [-0.1, -0.05) is 12.1 Å². The Morgan fingerprint density at radius 2 is 2.32 bits per heavy atom. The van der Waals surface area contributed by atoms with Crippen molar-refractivity contribution in [1.82, 2.24) is 4.98 Å². The summed E-state index contributed by atoms with van der Waals surface area (Å²) in [6, 6.07) is 6.40. The third-order valence-corrected chi connectivity index (χ3v) is 3.73. The lowest BCUT2D eigenvalue weighted by atomic mass is 10.2. The van der Waals surface area contributed by atoms with E-state index in [0.29, 0.717) is 17.4 Å². The van der Waals surface area contributed by atoms with Crippen LogP contribution in [0.1, 0.15) is 16.1 Å². The zero-order valence-corrected chi connectivity index (χ0v) is 11.8. The van der Waals surface area contributed by atoms with Gasteiger partial charge in [0.1, 0.15) is 11.5 Å². The van der Waals surface area contributed by atoms with Gasteiger partial charge in [0.25, 0.3) is 0 Å². The fraction of sp³-hybridized carbons (Fsp3) is 0.231. The maximum atomic E-state index is 13.1. The number of nitrogens with zero attached hydrogens (tertiary/aromatic N) is 2. The van der Waals surface area contributed by atoms with E-state index in [4.69, 9.17) is 11.6 Å². The zero-order valence-electron chi connectivity index (χ0n) is 10.3. The number of benzene rings is 1. The molecular weight excluding hydrogens is 287 g/mol. The molecule has 0 amide bonds. The van der Waals surface area contributed by atoms with Crippen LogP contribution in [0.4, 0.5) is 9.52 Å². The molecule has 0 atom stereocenters. The summed E-state index contributed by atoms with van der Waals surface area (Å²) < 4.78 is 13.1. The summed E-state index contributed by atoms with van der Waals surface area (Å²) in [4.78, 5) is 17.5. The highest BCUT2D eigenvalue weighted by Crippen LogP contribution is 2.21. The summed E-state index contributed by atoms with van der Waals surface area (Å²) in [6.45, 7) is 0.528. The molecule has 3 nitrogen and oxygen atoms in total. The van der Waals surface area contributed by atoms with Crippen molar-refractivity contribution in [2.75, 3.05) is 17.8 Å². The molecule has 1 aromatic carbocycles. The number of thiazole rings is 1. The molecule has 100 valence electrons. The zero-order chi connectivity index (χ0) is 13.8. The molecule has 2 aromatic rings. The van der Waals surface area contributed by atoms with E-state index < -0.39 is 0 Å². The first kappa shape index (κ1) is 14.0. The van der Waals surface area contributed by atoms with E-state index in [1.54, 1.807) is 11.4 Å². The van der Waals surface area contributed by atoms with Gasteiger partial charge in [-0.2, -0.15) is 0 Å². The molecule has 0 aliphatic rings. The number of hydrogen-bond donors (Lipinski definition) is 0. The van der Waals surface area contributed by atoms with E-state index >= 15 is 0 Å². The van der Waals surface area contributed by atoms with Crippen LogP contribution in [0.5, 0.6) is 0 Å². The van der Waals surface area contributed by atoms with Crippen LogP contribution >= 0.6 is 22.9 Å². The Morgan fingerprint density at radius 3 is 3.00 bits per heavy atom. The maximum Gasteiger partial charge on any atom is 0.196 e. The number of hydrogen-bond acceptors (Lipinski definition) is 4. The number of anilines is 1. The highest BCUT2D eigenvalue weighted by Gasteiger charge is 2.12. The molecule has 1 heterocycles. The topological polar surface area (TPSA) is 33.2 Å². The van der Waals surface area contributed by atoms with E-state index in [2.05, 4.69) is 4.98 Å². The minimum atomic E-state index is -0.261. The van der Waals surface area contributed by atoms with Crippen molar-refractivity contribution < 1.29 is 9.18 Å². The van der Waals surface area contributed by atoms with Crippen molar-refractivity contribution in [3.8, 4) is 0 Å². The summed E-state index contributed by atoms with van der Waals surface area (Å²) in [5, 5.41) is 2.39. The van der Waals surface area contributed by atoms with Crippen LogP contribution in [-0.2, 0) is 6.54 Å². The fourth-order valence-corrected chi connectivity index (χ4v) is 2.55. The molecule has 0 aliphatic heterocycles. The summed E-state index contributed by atoms with van der Waals surface area (Å²) in [6.07, 6.45) is 0. The lowest BCUT2D eigenvalue weighted by molar-refractivity contribution is 0.101. The lowest BCUT2D eigenvalue weighted by Crippen LogP contribution is -2.16. The average molecular weight is 299 g/mol. The van der Waals surface area contributed by atoms with Crippen LogP contribution in [0.3, 0.4) is 0 Å². The van der Waals surface area contributed by atoms with Gasteiger partial charge in [-0.3, -0.25) is 4.79 Å². The SMILES string of the molecule is CN(Cc1cccc(F)c1)c1nc(C(=O)CCl)cs1. The minimum absolute atomic E-state index is 0.0726. The van der Waals surface area contributed by atoms with Crippen molar-refractivity contribution in [1.29, 1.82) is 0 Å². The molecular formula is C13H12ClFN2OS. The predicted molar refractivity (Wildman–Crippen MR) is 75.7 cm³/mol. The number of halogens is 2. The van der Waals surface area contributed by atoms with E-state index in [9.17, 15) is 9.18 Å². The third kappa shape index (κ3) is 3.52. The van der Waals surface area contributed by atoms with Crippen LogP contribution in [0.25, 0.3) is 0 Å². The van der Waals surface area contributed by atoms with Crippen molar-refractivity contribution in [3.05, 3.63) is 46.7 Å². The molecule has 2 rings (SSSR count). The van der Waals surface area contributed by atoms with Crippen LogP contribution in [0.15, 0.2) is 29.6 Å². The molecule has 0 unspecified atom stereocenters. The summed E-state index contributed by atoms with van der Waals surface area (Å²) >= 11 is 6.85. The molecule has 0 bridgehead atoms. The largest absolute Gasteiger partial charge is 0.347 e. The standard InChI is InChI=1S/C13H12ClFN2OS/c1-17(7-9-3-2-4-10(15)5-9)13-16-11(8-19-13)12(18)6-14/h2-5,8H,6-7H2,1H3. The number of carbonyl (C=O) groups is 1. The van der Waals surface area contributed by atoms with Gasteiger partial charge < -0.3 is 4.90 Å². The molecule has 6 heteroatoms. The monoisotopic (exact) mass is 298 g/mol. The molecule has 0 radical (unpaired) electrons. The first-order valence-corrected chi connectivity index (χ1v) is 7.02. The quantitative estimate of drug-likeness (QED) is 0.627. The van der Waals surface area contributed by atoms with Crippen LogP contribution in [0.2, 0.25) is 0 Å². The van der Waals surface area contributed by atoms with E-state index in [1.807, 2.05) is 18.0 Å². The molecule has 0 spiro atoms. The normalized spacial score (nSPS) is 10.5. The third-order valence-electron chi connectivity index (χ3n) is 2.53. The number of alkyl halides is 1. The number of Topliss-reactive ketones (excluding diaryl/α,β-unsaturated/α-hetero) is 1. The molecule has 0 saturated carbocycles. The number of ketones is 1. The first-order valence-electron chi connectivity index (χ1n) is 5.60. The van der Waals surface area contributed by atoms with E-state index in [0.717, 1.165) is 5.56 Å². The van der Waals surface area contributed by atoms with Crippen molar-refractivity contribution in [2.45, 2.75) is 6.54 Å². The van der Waals surface area contributed by atoms with Gasteiger partial charge in [-0.25, -0.2) is 9.37 Å². The second-order valence-electron chi connectivity index (χ2n) is 4.06. The second-order valence-corrected chi connectivity index (χ2v) is 5.16. The van der Waals surface area contributed by atoms with Crippen LogP contribution in [0, 0.1) is 5.82 Å². The molecule has 19 heavy (non-hydrogen) atoms. The van der Waals surface area contributed by atoms with Gasteiger partial charge in [0, 0.05) is 19.0 Å². The minimum Gasteiger partial charge on any atom is -0.347 e. The molecule has 0 fully saturated rings. The Balaban J connectivity index is 2.09. The van der Waals surface area contributed by atoms with Gasteiger partial charge in [0.2, 0.25) is 0 Å². The van der Waals surface area contributed by atoms with Gasteiger partial charge in [0.05, 0.1) is 5.88 Å². The average Bonchev–Trinajstić information content (AvgIpc) is 2.87. The second kappa shape index (κ2) is 6.12. The highest BCUT2D eigenvalue weighted by atomic mass is 35.5. The van der Waals surface area contributed by atoms with Gasteiger partial charge >= 0.3 is 0 Å². The summed E-state index contributed by atoms with van der Waals surface area (Å²) in [7, 11) is 1.85. The molecule has 0 N–H and O–H groups in total. The van der Waals surface area contributed by atoms with Gasteiger partial charge in [0.15, 0.2) is 10.9 Å². The van der Waals surface area contributed by atoms with Crippen LogP contribution < -0.4 is 4.90 Å². The lowest BCUT2D eigenvalue weighted by Gasteiger charge is -2.15. The van der Waals surface area contributed by atoms with E-state index in [1.165, 1.54) is 23.5 Å². The predicted octanol–water partition coefficient (Wildman–Crippen LogP) is 3.34. The first-order chi connectivity index (χ1) is 9.10. The number of rotatable bonds is 5. The Kier molecular flexibility index (Phi) is 4.50. The fourth-order valence-electron chi connectivity index (χ4n) is 1.61. The molecule has 0 aliphatic carbocycles. The molecule has 0 saturated heterocycles. The van der Waals surface area contributed by atoms with Crippen molar-refractivity contribution in [2.24, 2.45) is 0 Å². The highest BCUT2D eigenvalue weighted by molar-refractivity contribution is 7.13. The number of aromatic nitrogens is 1. The van der Waals surface area contributed by atoms with Gasteiger partial charge in [-0.05, 0) is 17.7 Å². The Hall–Kier alpha value is -1.46. The number of carbonyl (C=O) groups excluding carboxylic acids is 1. The van der Waals surface area contributed by atoms with E-state index in [-0.39, 0.29) is 17.5 Å².